The molecule has 1 aromatic heterocycles. The van der Waals surface area contributed by atoms with E-state index in [1.165, 1.54) is 24.4 Å². The van der Waals surface area contributed by atoms with Crippen LogP contribution in [-0.2, 0) is 5.60 Å². The van der Waals surface area contributed by atoms with Gasteiger partial charge < -0.3 is 9.84 Å². The molecule has 1 heterocycles. The summed E-state index contributed by atoms with van der Waals surface area (Å²) in [5.74, 6) is -1.19. The molecule has 3 aromatic carbocycles. The number of hydrogen-bond acceptors (Lipinski definition) is 3. The minimum atomic E-state index is -5.10. The molecule has 4 rings (SSSR count). The first-order valence-corrected chi connectivity index (χ1v) is 8.92. The van der Waals surface area contributed by atoms with Crippen molar-refractivity contribution in [3.05, 3.63) is 89.9 Å². The lowest BCUT2D eigenvalue weighted by molar-refractivity contribution is -0.248. The van der Waals surface area contributed by atoms with Gasteiger partial charge in [-0.05, 0) is 42.0 Å². The number of methoxy groups -OCH3 is 1. The molecule has 0 amide bonds. The Morgan fingerprint density at radius 2 is 1.70 bits per heavy atom. The number of rotatable bonds is 4. The Bertz CT molecular complexity index is 1200. The number of fused-ring (bicyclic) bond motifs is 1. The number of halogens is 4. The number of aromatic nitrogens is 2. The SMILES string of the molecule is COc1cc(F)ccc1C(O)(c1ccc2c(cnn2-c2ccccc2)c1)C(F)(F)F. The molecule has 0 saturated heterocycles. The van der Waals surface area contributed by atoms with E-state index in [1.54, 1.807) is 4.68 Å². The average Bonchev–Trinajstić information content (AvgIpc) is 3.16. The van der Waals surface area contributed by atoms with Crippen molar-refractivity contribution in [1.29, 1.82) is 0 Å². The molecule has 8 heteroatoms. The Balaban J connectivity index is 1.91. The standard InChI is InChI=1S/C22H16F4N2O2/c1-30-20-12-16(23)8-9-18(20)21(29,22(24,25)26)15-7-10-19-14(11-15)13-27-28(19)17-5-3-2-4-6-17/h2-13,29H,1H3. The van der Waals surface area contributed by atoms with Crippen LogP contribution in [0.25, 0.3) is 16.6 Å². The molecule has 154 valence electrons. The first-order chi connectivity index (χ1) is 14.3. The lowest BCUT2D eigenvalue weighted by Gasteiger charge is -2.32. The van der Waals surface area contributed by atoms with Gasteiger partial charge in [0.25, 0.3) is 0 Å². The molecule has 0 aliphatic carbocycles. The van der Waals surface area contributed by atoms with Crippen LogP contribution in [0.1, 0.15) is 11.1 Å². The van der Waals surface area contributed by atoms with Gasteiger partial charge in [-0.3, -0.25) is 0 Å². The van der Waals surface area contributed by atoms with Gasteiger partial charge in [0.15, 0.2) is 0 Å². The van der Waals surface area contributed by atoms with Crippen LogP contribution < -0.4 is 4.74 Å². The Labute approximate surface area is 168 Å². The zero-order chi connectivity index (χ0) is 21.5. The summed E-state index contributed by atoms with van der Waals surface area (Å²) < 4.78 is 62.5. The number of para-hydroxylation sites is 1. The van der Waals surface area contributed by atoms with E-state index in [1.807, 2.05) is 30.3 Å². The van der Waals surface area contributed by atoms with Crippen LogP contribution in [0.4, 0.5) is 17.6 Å². The minimum Gasteiger partial charge on any atom is -0.496 e. The van der Waals surface area contributed by atoms with Gasteiger partial charge in [0.2, 0.25) is 5.60 Å². The first kappa shape index (κ1) is 19.9. The smallest absolute Gasteiger partial charge is 0.425 e. The first-order valence-electron chi connectivity index (χ1n) is 8.92. The van der Waals surface area contributed by atoms with Crippen molar-refractivity contribution in [3.8, 4) is 11.4 Å². The van der Waals surface area contributed by atoms with Gasteiger partial charge in [-0.25, -0.2) is 9.07 Å². The van der Waals surface area contributed by atoms with Gasteiger partial charge >= 0.3 is 6.18 Å². The monoisotopic (exact) mass is 416 g/mol. The maximum atomic E-state index is 14.1. The zero-order valence-electron chi connectivity index (χ0n) is 15.7. The van der Waals surface area contributed by atoms with Crippen LogP contribution in [0.3, 0.4) is 0 Å². The molecule has 0 bridgehead atoms. The molecule has 0 radical (unpaired) electrons. The highest BCUT2D eigenvalue weighted by Gasteiger charge is 2.57. The fraction of sp³-hybridized carbons (Fsp3) is 0.136. The molecule has 0 aliphatic heterocycles. The van der Waals surface area contributed by atoms with E-state index in [9.17, 15) is 22.7 Å². The molecule has 0 saturated carbocycles. The van der Waals surface area contributed by atoms with Crippen LogP contribution >= 0.6 is 0 Å². The highest BCUT2D eigenvalue weighted by molar-refractivity contribution is 5.81. The van der Waals surface area contributed by atoms with Crippen LogP contribution in [0.5, 0.6) is 5.75 Å². The van der Waals surface area contributed by atoms with E-state index in [0.717, 1.165) is 31.0 Å². The van der Waals surface area contributed by atoms with Crippen LogP contribution in [0.15, 0.2) is 72.9 Å². The lowest BCUT2D eigenvalue weighted by atomic mass is 9.84. The number of hydrogen-bond donors (Lipinski definition) is 1. The second-order valence-electron chi connectivity index (χ2n) is 6.72. The summed E-state index contributed by atoms with van der Waals surface area (Å²) in [5, 5.41) is 15.6. The van der Waals surface area contributed by atoms with Gasteiger partial charge in [0.1, 0.15) is 11.6 Å². The van der Waals surface area contributed by atoms with Crippen molar-refractivity contribution < 1.29 is 27.4 Å². The third-order valence-corrected chi connectivity index (χ3v) is 4.95. The summed E-state index contributed by atoms with van der Waals surface area (Å²) in [6.45, 7) is 0. The fourth-order valence-corrected chi connectivity index (χ4v) is 3.47. The number of benzene rings is 3. The summed E-state index contributed by atoms with van der Waals surface area (Å²) in [6, 6.07) is 15.5. The van der Waals surface area contributed by atoms with Gasteiger partial charge in [-0.15, -0.1) is 0 Å². The molecule has 0 spiro atoms. The Kier molecular flexibility index (Phi) is 4.74. The molecule has 0 fully saturated rings. The molecule has 0 aliphatic rings. The summed E-state index contributed by atoms with van der Waals surface area (Å²) in [7, 11) is 1.11. The minimum absolute atomic E-state index is 0.403. The highest BCUT2D eigenvalue weighted by atomic mass is 19.4. The third-order valence-electron chi connectivity index (χ3n) is 4.95. The molecular weight excluding hydrogens is 400 g/mol. The van der Waals surface area contributed by atoms with E-state index in [0.29, 0.717) is 10.9 Å². The van der Waals surface area contributed by atoms with Crippen LogP contribution in [0.2, 0.25) is 0 Å². The lowest BCUT2D eigenvalue weighted by Crippen LogP contribution is -2.43. The normalized spacial score (nSPS) is 13.9. The van der Waals surface area contributed by atoms with E-state index in [2.05, 4.69) is 5.10 Å². The third kappa shape index (κ3) is 3.09. The molecule has 1 atom stereocenters. The van der Waals surface area contributed by atoms with E-state index in [-0.39, 0.29) is 0 Å². The van der Waals surface area contributed by atoms with Crippen molar-refractivity contribution in [2.24, 2.45) is 0 Å². The van der Waals surface area contributed by atoms with Crippen molar-refractivity contribution in [2.75, 3.05) is 7.11 Å². The van der Waals surface area contributed by atoms with E-state index in [4.69, 9.17) is 4.74 Å². The summed E-state index contributed by atoms with van der Waals surface area (Å²) in [4.78, 5) is 0. The van der Waals surface area contributed by atoms with Crippen molar-refractivity contribution in [3.63, 3.8) is 0 Å². The van der Waals surface area contributed by atoms with Crippen molar-refractivity contribution in [2.45, 2.75) is 11.8 Å². The molecule has 4 nitrogen and oxygen atoms in total. The maximum absolute atomic E-state index is 14.1. The molecule has 1 unspecified atom stereocenters. The fourth-order valence-electron chi connectivity index (χ4n) is 3.47. The van der Waals surface area contributed by atoms with Crippen LogP contribution in [0, 0.1) is 5.82 Å². The largest absolute Gasteiger partial charge is 0.496 e. The predicted molar refractivity (Wildman–Crippen MR) is 103 cm³/mol. The van der Waals surface area contributed by atoms with Gasteiger partial charge in [-0.2, -0.15) is 18.3 Å². The second kappa shape index (κ2) is 7.14. The Morgan fingerprint density at radius 1 is 0.967 bits per heavy atom. The Hall–Kier alpha value is -3.39. The van der Waals surface area contributed by atoms with E-state index < -0.39 is 34.5 Å². The van der Waals surface area contributed by atoms with Crippen molar-refractivity contribution >= 4 is 10.9 Å². The molecule has 1 N–H and O–H groups in total. The topological polar surface area (TPSA) is 47.3 Å². The van der Waals surface area contributed by atoms with E-state index >= 15 is 0 Å². The van der Waals surface area contributed by atoms with Gasteiger partial charge in [0.05, 0.1) is 24.5 Å². The number of aliphatic hydroxyl groups is 1. The van der Waals surface area contributed by atoms with Gasteiger partial charge in [0, 0.05) is 17.0 Å². The average molecular weight is 416 g/mol. The quantitative estimate of drug-likeness (QED) is 0.478. The Morgan fingerprint density at radius 3 is 2.37 bits per heavy atom. The molecule has 4 aromatic rings. The number of alkyl halides is 3. The predicted octanol–water partition coefficient (Wildman–Crippen LogP) is 4.97. The number of nitrogens with zero attached hydrogens (tertiary/aromatic N) is 2. The summed E-state index contributed by atoms with van der Waals surface area (Å²) >= 11 is 0. The highest BCUT2D eigenvalue weighted by Crippen LogP contribution is 2.47. The van der Waals surface area contributed by atoms with Gasteiger partial charge in [-0.1, -0.05) is 24.3 Å². The summed E-state index contributed by atoms with van der Waals surface area (Å²) in [5.41, 5.74) is -3.13. The van der Waals surface area contributed by atoms with Crippen molar-refractivity contribution in [1.82, 2.24) is 9.78 Å². The molecular formula is C22H16F4N2O2. The summed E-state index contributed by atoms with van der Waals surface area (Å²) in [6.07, 6.45) is -3.67. The zero-order valence-corrected chi connectivity index (χ0v) is 15.7. The second-order valence-corrected chi connectivity index (χ2v) is 6.72. The number of ether oxygens (including phenoxy) is 1. The maximum Gasteiger partial charge on any atom is 0.425 e. The molecule has 30 heavy (non-hydrogen) atoms. The van der Waals surface area contributed by atoms with Crippen LogP contribution in [-0.4, -0.2) is 28.2 Å².